The number of hydrogen-bond donors (Lipinski definition) is 2. The summed E-state index contributed by atoms with van der Waals surface area (Å²) in [6.45, 7) is 1.94. The first-order valence-electron chi connectivity index (χ1n) is 8.03. The van der Waals surface area contributed by atoms with Crippen molar-refractivity contribution >= 4 is 5.91 Å². The van der Waals surface area contributed by atoms with E-state index in [-0.39, 0.29) is 12.3 Å². The zero-order valence-corrected chi connectivity index (χ0v) is 12.3. The number of alkyl halides is 3. The topological polar surface area (TPSA) is 41.1 Å². The molecule has 2 aliphatic rings. The Morgan fingerprint density at radius 3 is 2.57 bits per heavy atom. The third kappa shape index (κ3) is 5.16. The predicted molar refractivity (Wildman–Crippen MR) is 74.8 cm³/mol. The highest BCUT2D eigenvalue weighted by Gasteiger charge is 2.45. The molecule has 1 saturated heterocycles. The molecule has 2 fully saturated rings. The monoisotopic (exact) mass is 306 g/mol. The smallest absolute Gasteiger partial charge is 0.353 e. The first kappa shape index (κ1) is 16.6. The highest BCUT2D eigenvalue weighted by molar-refractivity contribution is 5.76. The van der Waals surface area contributed by atoms with Gasteiger partial charge in [-0.25, -0.2) is 0 Å². The molecule has 0 aromatic rings. The summed E-state index contributed by atoms with van der Waals surface area (Å²) >= 11 is 0. The van der Waals surface area contributed by atoms with Crippen LogP contribution in [0.4, 0.5) is 13.2 Å². The van der Waals surface area contributed by atoms with Crippen molar-refractivity contribution < 1.29 is 18.0 Å². The van der Waals surface area contributed by atoms with Gasteiger partial charge in [-0.2, -0.15) is 13.2 Å². The average molecular weight is 306 g/mol. The molecule has 0 aromatic carbocycles. The highest BCUT2D eigenvalue weighted by Crippen LogP contribution is 2.37. The average Bonchev–Trinajstić information content (AvgIpc) is 2.46. The van der Waals surface area contributed by atoms with E-state index in [9.17, 15) is 18.0 Å². The molecule has 3 unspecified atom stereocenters. The van der Waals surface area contributed by atoms with Gasteiger partial charge in [-0.05, 0) is 51.1 Å². The number of rotatable bonds is 4. The molecule has 0 spiro atoms. The Labute approximate surface area is 124 Å². The Morgan fingerprint density at radius 1 is 1.14 bits per heavy atom. The molecular weight excluding hydrogens is 281 g/mol. The van der Waals surface area contributed by atoms with Crippen LogP contribution in [0.5, 0.6) is 0 Å². The van der Waals surface area contributed by atoms with Crippen molar-refractivity contribution in [1.29, 1.82) is 0 Å². The molecule has 0 radical (unpaired) electrons. The minimum atomic E-state index is -4.20. The summed E-state index contributed by atoms with van der Waals surface area (Å²) in [5, 5.41) is 5.92. The van der Waals surface area contributed by atoms with Crippen molar-refractivity contribution in [3.8, 4) is 0 Å². The molecule has 21 heavy (non-hydrogen) atoms. The molecule has 2 N–H and O–H groups in total. The zero-order chi connectivity index (χ0) is 15.3. The van der Waals surface area contributed by atoms with Gasteiger partial charge in [0, 0.05) is 12.5 Å². The van der Waals surface area contributed by atoms with Crippen LogP contribution in [0.25, 0.3) is 0 Å². The second-order valence-corrected chi connectivity index (χ2v) is 6.36. The molecule has 6 heteroatoms. The second-order valence-electron chi connectivity index (χ2n) is 6.36. The maximum atomic E-state index is 13.0. The van der Waals surface area contributed by atoms with Crippen LogP contribution in [-0.2, 0) is 4.79 Å². The normalized spacial score (nSPS) is 30.9. The van der Waals surface area contributed by atoms with Crippen molar-refractivity contribution in [2.24, 2.45) is 11.8 Å². The SMILES string of the molecule is O=C(CCC1CCCNC1)NC1CCCCC1C(F)(F)F. The third-order valence-corrected chi connectivity index (χ3v) is 4.71. The fourth-order valence-electron chi connectivity index (χ4n) is 3.48. The van der Waals surface area contributed by atoms with Gasteiger partial charge in [-0.1, -0.05) is 12.8 Å². The quantitative estimate of drug-likeness (QED) is 0.838. The van der Waals surface area contributed by atoms with Crippen LogP contribution in [0.1, 0.15) is 51.4 Å². The molecule has 1 saturated carbocycles. The van der Waals surface area contributed by atoms with Crippen molar-refractivity contribution in [3.63, 3.8) is 0 Å². The van der Waals surface area contributed by atoms with Crippen molar-refractivity contribution in [2.75, 3.05) is 13.1 Å². The number of hydrogen-bond acceptors (Lipinski definition) is 2. The fraction of sp³-hybridized carbons (Fsp3) is 0.933. The lowest BCUT2D eigenvalue weighted by atomic mass is 9.84. The lowest BCUT2D eigenvalue weighted by Crippen LogP contribution is -2.47. The Morgan fingerprint density at radius 2 is 1.90 bits per heavy atom. The van der Waals surface area contributed by atoms with Gasteiger partial charge in [-0.15, -0.1) is 0 Å². The molecule has 2 rings (SSSR count). The minimum absolute atomic E-state index is 0.140. The van der Waals surface area contributed by atoms with Crippen LogP contribution in [0.2, 0.25) is 0 Å². The van der Waals surface area contributed by atoms with Gasteiger partial charge in [-0.3, -0.25) is 4.79 Å². The van der Waals surface area contributed by atoms with E-state index in [1.54, 1.807) is 0 Å². The summed E-state index contributed by atoms with van der Waals surface area (Å²) in [7, 11) is 0. The van der Waals surface area contributed by atoms with E-state index in [0.717, 1.165) is 38.8 Å². The van der Waals surface area contributed by atoms with Gasteiger partial charge < -0.3 is 10.6 Å². The van der Waals surface area contributed by atoms with Crippen LogP contribution in [-0.4, -0.2) is 31.2 Å². The molecule has 0 bridgehead atoms. The van der Waals surface area contributed by atoms with Gasteiger partial charge in [0.05, 0.1) is 5.92 Å². The molecule has 0 aromatic heterocycles. The molecule has 1 aliphatic heterocycles. The molecule has 1 heterocycles. The molecule has 3 nitrogen and oxygen atoms in total. The van der Waals surface area contributed by atoms with Crippen molar-refractivity contribution in [1.82, 2.24) is 10.6 Å². The summed E-state index contributed by atoms with van der Waals surface area (Å²) in [5.74, 6) is -1.11. The van der Waals surface area contributed by atoms with Gasteiger partial charge in [0.25, 0.3) is 0 Å². The summed E-state index contributed by atoms with van der Waals surface area (Å²) in [6, 6.07) is -0.726. The predicted octanol–water partition coefficient (Wildman–Crippen LogP) is 3.00. The fourth-order valence-corrected chi connectivity index (χ4v) is 3.48. The largest absolute Gasteiger partial charge is 0.393 e. The minimum Gasteiger partial charge on any atom is -0.353 e. The number of nitrogens with one attached hydrogen (secondary N) is 2. The van der Waals surface area contributed by atoms with E-state index in [0.29, 0.717) is 25.2 Å². The molecule has 3 atom stereocenters. The van der Waals surface area contributed by atoms with E-state index in [1.165, 1.54) is 0 Å². The van der Waals surface area contributed by atoms with Gasteiger partial charge in [0.15, 0.2) is 0 Å². The van der Waals surface area contributed by atoms with E-state index < -0.39 is 18.1 Å². The van der Waals surface area contributed by atoms with Crippen LogP contribution < -0.4 is 10.6 Å². The Balaban J connectivity index is 1.77. The highest BCUT2D eigenvalue weighted by atomic mass is 19.4. The first-order valence-corrected chi connectivity index (χ1v) is 8.03. The standard InChI is InChI=1S/C15H25F3N2O/c16-15(17,18)12-5-1-2-6-13(12)20-14(21)8-7-11-4-3-9-19-10-11/h11-13,19H,1-10H2,(H,20,21). The number of amides is 1. The lowest BCUT2D eigenvalue weighted by molar-refractivity contribution is -0.189. The van der Waals surface area contributed by atoms with E-state index in [1.807, 2.05) is 0 Å². The van der Waals surface area contributed by atoms with Crippen molar-refractivity contribution in [3.05, 3.63) is 0 Å². The van der Waals surface area contributed by atoms with Crippen LogP contribution >= 0.6 is 0 Å². The van der Waals surface area contributed by atoms with Crippen LogP contribution in [0, 0.1) is 11.8 Å². The number of halogens is 3. The van der Waals surface area contributed by atoms with Gasteiger partial charge in [0.1, 0.15) is 0 Å². The van der Waals surface area contributed by atoms with E-state index >= 15 is 0 Å². The molecule has 122 valence electrons. The number of carbonyl (C=O) groups excluding carboxylic acids is 1. The van der Waals surface area contributed by atoms with Gasteiger partial charge >= 0.3 is 6.18 Å². The van der Waals surface area contributed by atoms with Gasteiger partial charge in [0.2, 0.25) is 5.91 Å². The summed E-state index contributed by atoms with van der Waals surface area (Å²) in [4.78, 5) is 11.9. The Bertz CT molecular complexity index is 340. The summed E-state index contributed by atoms with van der Waals surface area (Å²) in [6.07, 6.45) is 1.08. The summed E-state index contributed by atoms with van der Waals surface area (Å²) in [5.41, 5.74) is 0. The number of carbonyl (C=O) groups is 1. The maximum Gasteiger partial charge on any atom is 0.393 e. The Hall–Kier alpha value is -0.780. The van der Waals surface area contributed by atoms with Crippen molar-refractivity contribution in [2.45, 2.75) is 63.6 Å². The van der Waals surface area contributed by atoms with E-state index in [2.05, 4.69) is 10.6 Å². The van der Waals surface area contributed by atoms with E-state index in [4.69, 9.17) is 0 Å². The number of piperidine rings is 1. The molecular formula is C15H25F3N2O. The second kappa shape index (κ2) is 7.47. The Kier molecular flexibility index (Phi) is 5.90. The van der Waals surface area contributed by atoms with Crippen LogP contribution in [0.15, 0.2) is 0 Å². The maximum absolute atomic E-state index is 13.0. The molecule has 1 amide bonds. The first-order chi connectivity index (χ1) is 9.97. The molecule has 1 aliphatic carbocycles. The summed E-state index contributed by atoms with van der Waals surface area (Å²) < 4.78 is 38.9. The third-order valence-electron chi connectivity index (χ3n) is 4.71. The zero-order valence-electron chi connectivity index (χ0n) is 12.3. The van der Waals surface area contributed by atoms with Crippen LogP contribution in [0.3, 0.4) is 0 Å². The lowest BCUT2D eigenvalue weighted by Gasteiger charge is -2.33.